The zero-order chi connectivity index (χ0) is 23.3. The molecule has 1 fully saturated rings. The number of carbonyl (C=O) groups excluding carboxylic acids is 1. The Kier molecular flexibility index (Phi) is 7.44. The fourth-order valence-electron chi connectivity index (χ4n) is 3.37. The molecule has 5 nitrogen and oxygen atoms in total. The van der Waals surface area contributed by atoms with E-state index in [1.165, 1.54) is 12.1 Å². The number of guanidine groups is 1. The van der Waals surface area contributed by atoms with Crippen molar-refractivity contribution in [2.45, 2.75) is 50.6 Å². The predicted molar refractivity (Wildman–Crippen MR) is 108 cm³/mol. The number of rotatable bonds is 4. The Morgan fingerprint density at radius 2 is 1.75 bits per heavy atom. The second-order valence-corrected chi connectivity index (χ2v) is 7.60. The quantitative estimate of drug-likeness (QED) is 0.368. The van der Waals surface area contributed by atoms with E-state index in [0.717, 1.165) is 30.3 Å². The third kappa shape index (κ3) is 6.49. The minimum absolute atomic E-state index is 0.00136. The average molecular weight is 455 g/mol. The first kappa shape index (κ1) is 23.6. The van der Waals surface area contributed by atoms with Gasteiger partial charge in [-0.2, -0.15) is 18.2 Å². The highest BCUT2D eigenvalue weighted by atomic mass is 19.4. The third-order valence-corrected chi connectivity index (χ3v) is 5.13. The molecule has 32 heavy (non-hydrogen) atoms. The summed E-state index contributed by atoms with van der Waals surface area (Å²) in [5.41, 5.74) is -0.667. The predicted octanol–water partition coefficient (Wildman–Crippen LogP) is 4.16. The maximum absolute atomic E-state index is 13.5. The number of nitrogens with one attached hydrogen (secondary N) is 2. The van der Waals surface area contributed by atoms with E-state index in [9.17, 15) is 31.9 Å². The zero-order valence-corrected chi connectivity index (χ0v) is 16.9. The molecule has 1 aliphatic rings. The van der Waals surface area contributed by atoms with Gasteiger partial charge in [0.25, 0.3) is 5.91 Å². The molecule has 0 aromatic heterocycles. The lowest BCUT2D eigenvalue weighted by atomic mass is 9.93. The number of carbonyl (C=O) groups is 1. The molecular weight excluding hydrogens is 433 g/mol. The number of aliphatic hydroxyl groups is 1. The van der Waals surface area contributed by atoms with E-state index >= 15 is 0 Å². The molecule has 2 aromatic carbocycles. The van der Waals surface area contributed by atoms with Crippen molar-refractivity contribution in [3.8, 4) is 0 Å². The monoisotopic (exact) mass is 455 g/mol. The summed E-state index contributed by atoms with van der Waals surface area (Å²) in [7, 11) is 0. The normalized spacial score (nSPS) is 19.5. The van der Waals surface area contributed by atoms with Crippen LogP contribution < -0.4 is 10.6 Å². The number of halogens is 5. The Morgan fingerprint density at radius 3 is 2.41 bits per heavy atom. The number of nitrogens with zero attached hydrogens (tertiary/aromatic N) is 1. The summed E-state index contributed by atoms with van der Waals surface area (Å²) in [5.74, 6) is -3.15. The van der Waals surface area contributed by atoms with E-state index in [1.807, 2.05) is 0 Å². The van der Waals surface area contributed by atoms with Crippen LogP contribution in [0.4, 0.5) is 22.0 Å². The maximum Gasteiger partial charge on any atom is 0.416 e. The van der Waals surface area contributed by atoms with Crippen LogP contribution in [0.15, 0.2) is 47.5 Å². The van der Waals surface area contributed by atoms with Gasteiger partial charge in [-0.15, -0.1) is 0 Å². The summed E-state index contributed by atoms with van der Waals surface area (Å²) < 4.78 is 65.5. The minimum atomic E-state index is -4.49. The zero-order valence-electron chi connectivity index (χ0n) is 16.9. The molecule has 2 aromatic rings. The van der Waals surface area contributed by atoms with Crippen molar-refractivity contribution in [2.24, 2.45) is 4.99 Å². The highest BCUT2D eigenvalue weighted by molar-refractivity contribution is 6.02. The molecule has 1 aliphatic carbocycles. The van der Waals surface area contributed by atoms with Gasteiger partial charge < -0.3 is 15.7 Å². The molecule has 0 atom stereocenters. The lowest BCUT2D eigenvalue weighted by molar-refractivity contribution is -0.137. The summed E-state index contributed by atoms with van der Waals surface area (Å²) >= 11 is 0. The van der Waals surface area contributed by atoms with Crippen LogP contribution in [-0.2, 0) is 12.7 Å². The van der Waals surface area contributed by atoms with Crippen LogP contribution in [-0.4, -0.2) is 29.1 Å². The first-order valence-electron chi connectivity index (χ1n) is 10.0. The van der Waals surface area contributed by atoms with Crippen molar-refractivity contribution in [3.63, 3.8) is 0 Å². The molecule has 3 N–H and O–H groups in total. The number of aliphatic imine (C=N–C) groups is 1. The molecular formula is C22H22F5N3O2. The van der Waals surface area contributed by atoms with Gasteiger partial charge in [0.15, 0.2) is 17.6 Å². The van der Waals surface area contributed by atoms with Crippen LogP contribution in [0.3, 0.4) is 0 Å². The minimum Gasteiger partial charge on any atom is -0.393 e. The van der Waals surface area contributed by atoms with Crippen LogP contribution in [0.2, 0.25) is 0 Å². The summed E-state index contributed by atoms with van der Waals surface area (Å²) in [4.78, 5) is 16.4. The van der Waals surface area contributed by atoms with Gasteiger partial charge in [0.1, 0.15) is 0 Å². The molecule has 1 saturated carbocycles. The van der Waals surface area contributed by atoms with Crippen molar-refractivity contribution >= 4 is 11.9 Å². The van der Waals surface area contributed by atoms with Gasteiger partial charge in [0.2, 0.25) is 0 Å². The van der Waals surface area contributed by atoms with Gasteiger partial charge in [-0.1, -0.05) is 12.1 Å². The van der Waals surface area contributed by atoms with Crippen LogP contribution in [0, 0.1) is 11.6 Å². The largest absolute Gasteiger partial charge is 0.416 e. The van der Waals surface area contributed by atoms with Crippen molar-refractivity contribution in [2.75, 3.05) is 0 Å². The summed E-state index contributed by atoms with van der Waals surface area (Å²) in [6, 6.07) is 7.21. The molecule has 0 spiro atoms. The van der Waals surface area contributed by atoms with E-state index in [1.54, 1.807) is 0 Å². The van der Waals surface area contributed by atoms with Crippen molar-refractivity contribution in [3.05, 3.63) is 70.8 Å². The number of amides is 1. The second kappa shape index (κ2) is 10.1. The first-order chi connectivity index (χ1) is 15.1. The van der Waals surface area contributed by atoms with Gasteiger partial charge in [0, 0.05) is 18.2 Å². The number of hydrogen-bond donors (Lipinski definition) is 3. The van der Waals surface area contributed by atoms with Crippen LogP contribution in [0.5, 0.6) is 0 Å². The number of alkyl halides is 3. The molecule has 10 heteroatoms. The van der Waals surface area contributed by atoms with Gasteiger partial charge in [-0.3, -0.25) is 4.79 Å². The van der Waals surface area contributed by atoms with E-state index in [-0.39, 0.29) is 24.1 Å². The molecule has 0 unspecified atom stereocenters. The highest BCUT2D eigenvalue weighted by Gasteiger charge is 2.30. The number of benzene rings is 2. The lowest BCUT2D eigenvalue weighted by Crippen LogP contribution is -2.45. The molecule has 0 bridgehead atoms. The van der Waals surface area contributed by atoms with E-state index in [0.29, 0.717) is 31.2 Å². The standard InChI is InChI=1S/C22H22F5N3O2/c23-18-9-4-14(11-19(18)24)20(32)30-21(29-16-5-7-17(31)8-6-16)28-12-13-2-1-3-15(10-13)22(25,26)27/h1-4,9-11,16-17,31H,5-8,12H2,(H2,28,29,30,32)/t16-,17-. The van der Waals surface area contributed by atoms with E-state index in [4.69, 9.17) is 0 Å². The Labute approximate surface area is 181 Å². The van der Waals surface area contributed by atoms with E-state index in [2.05, 4.69) is 15.6 Å². The average Bonchev–Trinajstić information content (AvgIpc) is 2.75. The fraction of sp³-hybridized carbons (Fsp3) is 0.364. The van der Waals surface area contributed by atoms with Crippen LogP contribution in [0.1, 0.15) is 47.2 Å². The second-order valence-electron chi connectivity index (χ2n) is 7.60. The molecule has 1 amide bonds. The molecule has 0 aliphatic heterocycles. The highest BCUT2D eigenvalue weighted by Crippen LogP contribution is 2.29. The summed E-state index contributed by atoms with van der Waals surface area (Å²) in [5, 5.41) is 15.5. The first-order valence-corrected chi connectivity index (χ1v) is 10.0. The molecule has 0 heterocycles. The van der Waals surface area contributed by atoms with Crippen LogP contribution in [0.25, 0.3) is 0 Å². The van der Waals surface area contributed by atoms with Gasteiger partial charge in [-0.25, -0.2) is 8.78 Å². The molecule has 172 valence electrons. The summed E-state index contributed by atoms with van der Waals surface area (Å²) in [6.07, 6.45) is -2.59. The molecule has 0 saturated heterocycles. The van der Waals surface area contributed by atoms with Gasteiger partial charge >= 0.3 is 6.18 Å². The Bertz CT molecular complexity index is 986. The van der Waals surface area contributed by atoms with Crippen LogP contribution >= 0.6 is 0 Å². The molecule has 0 radical (unpaired) electrons. The fourth-order valence-corrected chi connectivity index (χ4v) is 3.37. The van der Waals surface area contributed by atoms with Crippen molar-refractivity contribution < 1.29 is 31.9 Å². The third-order valence-electron chi connectivity index (χ3n) is 5.13. The molecule has 3 rings (SSSR count). The summed E-state index contributed by atoms with van der Waals surface area (Å²) in [6.45, 7) is -0.0594. The van der Waals surface area contributed by atoms with Gasteiger partial charge in [0.05, 0.1) is 11.7 Å². The number of aliphatic hydroxyl groups excluding tert-OH is 1. The van der Waals surface area contributed by atoms with Gasteiger partial charge in [-0.05, 0) is 61.6 Å². The SMILES string of the molecule is O=C(/N=C(/NCc1cccc(C(F)(F)F)c1)N[C@H]1CC[C@H](O)CC1)c1ccc(F)c(F)c1. The maximum atomic E-state index is 13.5. The topological polar surface area (TPSA) is 73.7 Å². The van der Waals surface area contributed by atoms with E-state index < -0.39 is 35.4 Å². The lowest BCUT2D eigenvalue weighted by Gasteiger charge is -2.27. The number of hydrogen-bond acceptors (Lipinski definition) is 2. The Balaban J connectivity index is 1.78. The Hall–Kier alpha value is -3.01. The smallest absolute Gasteiger partial charge is 0.393 e. The van der Waals surface area contributed by atoms with Crippen molar-refractivity contribution in [1.82, 2.24) is 10.6 Å². The van der Waals surface area contributed by atoms with Crippen molar-refractivity contribution in [1.29, 1.82) is 0 Å². The Morgan fingerprint density at radius 1 is 1.03 bits per heavy atom.